The number of carbonyl (C=O) groups is 1. The lowest BCUT2D eigenvalue weighted by atomic mass is 10.0. The van der Waals surface area contributed by atoms with Gasteiger partial charge in [-0.05, 0) is 69.1 Å². The van der Waals surface area contributed by atoms with E-state index < -0.39 is 0 Å². The minimum atomic E-state index is 0.0153. The van der Waals surface area contributed by atoms with Gasteiger partial charge in [-0.3, -0.25) is 4.79 Å². The fraction of sp³-hybridized carbons (Fsp3) is 0.458. The lowest BCUT2D eigenvalue weighted by molar-refractivity contribution is 0.0974. The molecule has 0 radical (unpaired) electrons. The highest BCUT2D eigenvalue weighted by atomic mass is 35.5. The summed E-state index contributed by atoms with van der Waals surface area (Å²) in [5.41, 5.74) is 7.68. The van der Waals surface area contributed by atoms with Crippen LogP contribution < -0.4 is 19.9 Å². The fourth-order valence-electron chi connectivity index (χ4n) is 3.78. The first-order valence-corrected chi connectivity index (χ1v) is 11.1. The summed E-state index contributed by atoms with van der Waals surface area (Å²) in [7, 11) is 3.19. The molecule has 31 heavy (non-hydrogen) atoms. The number of hydrogen-bond donors (Lipinski definition) is 1. The van der Waals surface area contributed by atoms with Gasteiger partial charge in [0, 0.05) is 18.6 Å². The van der Waals surface area contributed by atoms with Gasteiger partial charge >= 0.3 is 0 Å². The van der Waals surface area contributed by atoms with E-state index in [9.17, 15) is 4.79 Å². The summed E-state index contributed by atoms with van der Waals surface area (Å²) in [5.74, 6) is 1.79. The Morgan fingerprint density at radius 3 is 2.35 bits per heavy atom. The van der Waals surface area contributed by atoms with E-state index in [0.717, 1.165) is 24.9 Å². The number of carbonyl (C=O) groups excluding carboxylic acids is 1. The zero-order valence-electron chi connectivity index (χ0n) is 18.3. The molecule has 0 aliphatic carbocycles. The van der Waals surface area contributed by atoms with E-state index in [0.29, 0.717) is 39.9 Å². The first-order chi connectivity index (χ1) is 15.0. The van der Waals surface area contributed by atoms with E-state index in [1.165, 1.54) is 25.9 Å². The van der Waals surface area contributed by atoms with E-state index in [4.69, 9.17) is 31.5 Å². The molecule has 3 rings (SSSR count). The lowest BCUT2D eigenvalue weighted by Crippen LogP contribution is -2.20. The average Bonchev–Trinajstić information content (AvgIpc) is 3.30. The Balaban J connectivity index is 1.66. The van der Waals surface area contributed by atoms with Gasteiger partial charge in [-0.15, -0.1) is 0 Å². The van der Waals surface area contributed by atoms with Crippen molar-refractivity contribution < 1.29 is 19.0 Å². The third-order valence-electron chi connectivity index (χ3n) is 5.53. The van der Waals surface area contributed by atoms with Gasteiger partial charge in [0.1, 0.15) is 23.9 Å². The summed E-state index contributed by atoms with van der Waals surface area (Å²) >= 11 is 6.20. The molecule has 1 fully saturated rings. The normalized spacial score (nSPS) is 13.9. The second-order valence-electron chi connectivity index (χ2n) is 7.81. The fourth-order valence-corrected chi connectivity index (χ4v) is 3.94. The molecule has 2 N–H and O–H groups in total. The molecule has 0 saturated carbocycles. The molecule has 2 aromatic carbocycles. The van der Waals surface area contributed by atoms with Gasteiger partial charge in [0.15, 0.2) is 5.78 Å². The van der Waals surface area contributed by atoms with Gasteiger partial charge in [0.2, 0.25) is 0 Å². The number of Topliss-reactive ketones (excluding diaryl/α,β-unsaturated/α-hetero) is 1. The molecule has 0 unspecified atom stereocenters. The summed E-state index contributed by atoms with van der Waals surface area (Å²) < 4.78 is 16.6. The van der Waals surface area contributed by atoms with E-state index >= 15 is 0 Å². The van der Waals surface area contributed by atoms with Crippen molar-refractivity contribution in [3.63, 3.8) is 0 Å². The van der Waals surface area contributed by atoms with Crippen LogP contribution in [0.25, 0.3) is 0 Å². The zero-order chi connectivity index (χ0) is 22.2. The highest BCUT2D eigenvalue weighted by molar-refractivity contribution is 6.33. The lowest BCUT2D eigenvalue weighted by Gasteiger charge is -2.15. The van der Waals surface area contributed by atoms with Crippen molar-refractivity contribution >= 4 is 23.1 Å². The molecule has 0 atom stereocenters. The predicted molar refractivity (Wildman–Crippen MR) is 124 cm³/mol. The monoisotopic (exact) mass is 446 g/mol. The third kappa shape index (κ3) is 6.52. The van der Waals surface area contributed by atoms with Crippen molar-refractivity contribution in [2.45, 2.75) is 38.7 Å². The van der Waals surface area contributed by atoms with Crippen molar-refractivity contribution in [2.24, 2.45) is 0 Å². The molecule has 2 aromatic rings. The Morgan fingerprint density at radius 2 is 1.71 bits per heavy atom. The standard InChI is InChI=1S/C24H31ClN2O4/c1-29-18-11-17(12-19(13-18)30-2)16-31-24-15-22(26)21(25)14-20(24)23(28)7-3-4-8-27-9-5-6-10-27/h11-15H,3-10,16,26H2,1-2H3. The van der Waals surface area contributed by atoms with Crippen LogP contribution >= 0.6 is 11.6 Å². The van der Waals surface area contributed by atoms with Crippen LogP contribution in [0.1, 0.15) is 48.0 Å². The summed E-state index contributed by atoms with van der Waals surface area (Å²) in [6.45, 7) is 3.64. The SMILES string of the molecule is COc1cc(COc2cc(N)c(Cl)cc2C(=O)CCCCN2CCCC2)cc(OC)c1. The van der Waals surface area contributed by atoms with Crippen LogP contribution in [0.2, 0.25) is 5.02 Å². The van der Waals surface area contributed by atoms with Crippen LogP contribution in [0, 0.1) is 0 Å². The van der Waals surface area contributed by atoms with Gasteiger partial charge in [0.05, 0.1) is 30.5 Å². The predicted octanol–water partition coefficient (Wildman–Crippen LogP) is 4.97. The number of methoxy groups -OCH3 is 2. The van der Waals surface area contributed by atoms with Crippen molar-refractivity contribution in [1.29, 1.82) is 0 Å². The Morgan fingerprint density at radius 1 is 1.03 bits per heavy atom. The number of ether oxygens (including phenoxy) is 3. The summed E-state index contributed by atoms with van der Waals surface area (Å²) in [6, 6.07) is 8.75. The number of likely N-dealkylation sites (tertiary alicyclic amines) is 1. The number of nitrogens with two attached hydrogens (primary N) is 1. The van der Waals surface area contributed by atoms with Crippen LogP contribution in [0.4, 0.5) is 5.69 Å². The second kappa shape index (κ2) is 11.3. The number of nitrogens with zero attached hydrogens (tertiary/aromatic N) is 1. The molecule has 7 heteroatoms. The van der Waals surface area contributed by atoms with Crippen molar-refractivity contribution in [3.8, 4) is 17.2 Å². The average molecular weight is 447 g/mol. The Labute approximate surface area is 189 Å². The molecule has 1 aliphatic heterocycles. The Bertz CT molecular complexity index is 875. The molecule has 6 nitrogen and oxygen atoms in total. The number of hydrogen-bond acceptors (Lipinski definition) is 6. The minimum Gasteiger partial charge on any atom is -0.497 e. The third-order valence-corrected chi connectivity index (χ3v) is 5.86. The molecule has 0 aromatic heterocycles. The number of rotatable bonds is 11. The molecule has 168 valence electrons. The molecule has 1 heterocycles. The van der Waals surface area contributed by atoms with Crippen LogP contribution in [-0.2, 0) is 6.61 Å². The minimum absolute atomic E-state index is 0.0153. The molecule has 0 spiro atoms. The number of ketones is 1. The second-order valence-corrected chi connectivity index (χ2v) is 8.22. The van der Waals surface area contributed by atoms with Gasteiger partial charge in [-0.25, -0.2) is 0 Å². The smallest absolute Gasteiger partial charge is 0.166 e. The number of nitrogen functional groups attached to an aromatic ring is 1. The van der Waals surface area contributed by atoms with Crippen molar-refractivity contribution in [3.05, 3.63) is 46.5 Å². The van der Waals surface area contributed by atoms with Gasteiger partial charge < -0.3 is 24.8 Å². The number of anilines is 1. The van der Waals surface area contributed by atoms with Gasteiger partial charge in [0.25, 0.3) is 0 Å². The Hall–Kier alpha value is -2.44. The molecular formula is C24H31ClN2O4. The van der Waals surface area contributed by atoms with Crippen LogP contribution in [0.15, 0.2) is 30.3 Å². The number of unbranched alkanes of at least 4 members (excludes halogenated alkanes) is 1. The van der Waals surface area contributed by atoms with Crippen LogP contribution in [0.5, 0.6) is 17.2 Å². The molecule has 0 bridgehead atoms. The van der Waals surface area contributed by atoms with E-state index in [1.54, 1.807) is 32.4 Å². The molecule has 1 aliphatic rings. The largest absolute Gasteiger partial charge is 0.497 e. The molecular weight excluding hydrogens is 416 g/mol. The highest BCUT2D eigenvalue weighted by Crippen LogP contribution is 2.31. The van der Waals surface area contributed by atoms with E-state index in [1.807, 2.05) is 12.1 Å². The molecule has 0 amide bonds. The quantitative estimate of drug-likeness (QED) is 0.298. The van der Waals surface area contributed by atoms with E-state index in [2.05, 4.69) is 4.90 Å². The Kier molecular flexibility index (Phi) is 8.43. The number of halogens is 1. The van der Waals surface area contributed by atoms with Crippen LogP contribution in [-0.4, -0.2) is 44.5 Å². The molecule has 1 saturated heterocycles. The van der Waals surface area contributed by atoms with E-state index in [-0.39, 0.29) is 12.4 Å². The first-order valence-electron chi connectivity index (χ1n) is 10.7. The maximum Gasteiger partial charge on any atom is 0.166 e. The number of benzene rings is 2. The first kappa shape index (κ1) is 23.2. The topological polar surface area (TPSA) is 74.0 Å². The highest BCUT2D eigenvalue weighted by Gasteiger charge is 2.17. The maximum atomic E-state index is 12.9. The summed E-state index contributed by atoms with van der Waals surface area (Å²) in [5, 5.41) is 0.357. The summed E-state index contributed by atoms with van der Waals surface area (Å²) in [6.07, 6.45) is 4.86. The van der Waals surface area contributed by atoms with Gasteiger partial charge in [-0.1, -0.05) is 11.6 Å². The van der Waals surface area contributed by atoms with Crippen molar-refractivity contribution in [1.82, 2.24) is 4.90 Å². The van der Waals surface area contributed by atoms with Gasteiger partial charge in [-0.2, -0.15) is 0 Å². The maximum absolute atomic E-state index is 12.9. The zero-order valence-corrected chi connectivity index (χ0v) is 19.0. The van der Waals surface area contributed by atoms with Crippen molar-refractivity contribution in [2.75, 3.05) is 39.6 Å². The van der Waals surface area contributed by atoms with Crippen LogP contribution in [0.3, 0.4) is 0 Å². The summed E-state index contributed by atoms with van der Waals surface area (Å²) in [4.78, 5) is 15.4.